The molecule has 2 rings (SSSR count). The summed E-state index contributed by atoms with van der Waals surface area (Å²) in [6.07, 6.45) is 5.11. The first-order valence-corrected chi connectivity index (χ1v) is 6.75. The molecule has 0 aliphatic heterocycles. The molecule has 1 aromatic carbocycles. The monoisotopic (exact) mass is 239 g/mol. The van der Waals surface area contributed by atoms with Crippen molar-refractivity contribution in [3.05, 3.63) is 24.0 Å². The van der Waals surface area contributed by atoms with E-state index in [1.807, 2.05) is 11.8 Å². The number of benzene rings is 1. The minimum atomic E-state index is -0.251. The first-order chi connectivity index (χ1) is 7.65. The average Bonchev–Trinajstić information content (AvgIpc) is 2.25. The van der Waals surface area contributed by atoms with E-state index in [0.29, 0.717) is 10.9 Å². The van der Waals surface area contributed by atoms with E-state index in [-0.39, 0.29) is 5.82 Å². The Kier molecular flexibility index (Phi) is 3.74. The van der Waals surface area contributed by atoms with E-state index in [1.54, 1.807) is 6.07 Å². The number of nitrogens with two attached hydrogens (primary N) is 1. The van der Waals surface area contributed by atoms with Crippen LogP contribution in [-0.4, -0.2) is 5.25 Å². The fourth-order valence-electron chi connectivity index (χ4n) is 2.15. The summed E-state index contributed by atoms with van der Waals surface area (Å²) in [5.74, 6) is 0.613. The Morgan fingerprint density at radius 1 is 1.25 bits per heavy atom. The molecule has 3 heteroatoms. The van der Waals surface area contributed by atoms with Crippen LogP contribution >= 0.6 is 11.8 Å². The molecular formula is C13H18FNS. The predicted octanol–water partition coefficient (Wildman–Crippen LogP) is 4.08. The van der Waals surface area contributed by atoms with Gasteiger partial charge in [-0.1, -0.05) is 6.92 Å². The Balaban J connectivity index is 1.98. The minimum absolute atomic E-state index is 0.251. The normalized spacial score (nSPS) is 25.6. The molecule has 0 heterocycles. The van der Waals surface area contributed by atoms with Gasteiger partial charge in [0.05, 0.1) is 0 Å². The first kappa shape index (κ1) is 11.8. The quantitative estimate of drug-likeness (QED) is 0.787. The largest absolute Gasteiger partial charge is 0.398 e. The highest BCUT2D eigenvalue weighted by Gasteiger charge is 2.19. The van der Waals surface area contributed by atoms with E-state index in [1.165, 1.54) is 37.8 Å². The van der Waals surface area contributed by atoms with E-state index >= 15 is 0 Å². The summed E-state index contributed by atoms with van der Waals surface area (Å²) in [7, 11) is 0. The average molecular weight is 239 g/mol. The number of hydrogen-bond donors (Lipinski definition) is 1. The second-order valence-corrected chi connectivity index (χ2v) is 6.02. The van der Waals surface area contributed by atoms with Gasteiger partial charge in [0.1, 0.15) is 5.82 Å². The Bertz CT molecular complexity index is 359. The van der Waals surface area contributed by atoms with Gasteiger partial charge in [0, 0.05) is 15.8 Å². The Morgan fingerprint density at radius 3 is 2.56 bits per heavy atom. The molecule has 88 valence electrons. The molecule has 0 bridgehead atoms. The Hall–Kier alpha value is -0.700. The number of rotatable bonds is 2. The van der Waals surface area contributed by atoms with Gasteiger partial charge in [-0.2, -0.15) is 0 Å². The van der Waals surface area contributed by atoms with Crippen molar-refractivity contribution in [2.24, 2.45) is 5.92 Å². The minimum Gasteiger partial charge on any atom is -0.398 e. The van der Waals surface area contributed by atoms with Crippen molar-refractivity contribution in [1.82, 2.24) is 0 Å². The predicted molar refractivity (Wildman–Crippen MR) is 68.1 cm³/mol. The molecule has 1 nitrogen and oxygen atoms in total. The van der Waals surface area contributed by atoms with E-state index < -0.39 is 0 Å². The fraction of sp³-hybridized carbons (Fsp3) is 0.538. The molecule has 2 N–H and O–H groups in total. The lowest BCUT2D eigenvalue weighted by molar-refractivity contribution is 0.393. The Labute approximate surface area is 101 Å². The molecule has 0 spiro atoms. The third-order valence-corrected chi connectivity index (χ3v) is 4.66. The van der Waals surface area contributed by atoms with Crippen LogP contribution in [-0.2, 0) is 0 Å². The molecule has 16 heavy (non-hydrogen) atoms. The third kappa shape index (κ3) is 2.91. The van der Waals surface area contributed by atoms with E-state index in [4.69, 9.17) is 5.73 Å². The van der Waals surface area contributed by atoms with Crippen LogP contribution in [0.25, 0.3) is 0 Å². The maximum Gasteiger partial charge on any atom is 0.125 e. The standard InChI is InChI=1S/C13H18FNS/c1-9-2-5-11(6-3-9)16-13-7-4-10(14)8-12(13)15/h4,7-9,11H,2-3,5-6,15H2,1H3. The van der Waals surface area contributed by atoms with Gasteiger partial charge in [-0.05, 0) is 49.8 Å². The number of nitrogen functional groups attached to an aromatic ring is 1. The summed E-state index contributed by atoms with van der Waals surface area (Å²) < 4.78 is 12.9. The van der Waals surface area contributed by atoms with E-state index in [2.05, 4.69) is 6.92 Å². The molecule has 0 unspecified atom stereocenters. The molecule has 1 aliphatic carbocycles. The molecular weight excluding hydrogens is 221 g/mol. The van der Waals surface area contributed by atoms with E-state index in [0.717, 1.165) is 10.8 Å². The molecule has 0 saturated heterocycles. The maximum atomic E-state index is 12.9. The molecule has 1 fully saturated rings. The van der Waals surface area contributed by atoms with Crippen molar-refractivity contribution < 1.29 is 4.39 Å². The molecule has 0 amide bonds. The third-order valence-electron chi connectivity index (χ3n) is 3.23. The van der Waals surface area contributed by atoms with Crippen molar-refractivity contribution in [1.29, 1.82) is 0 Å². The Morgan fingerprint density at radius 2 is 1.94 bits per heavy atom. The van der Waals surface area contributed by atoms with Gasteiger partial charge in [0.2, 0.25) is 0 Å². The molecule has 1 saturated carbocycles. The van der Waals surface area contributed by atoms with Crippen LogP contribution in [0.4, 0.5) is 10.1 Å². The lowest BCUT2D eigenvalue weighted by Gasteiger charge is -2.25. The zero-order chi connectivity index (χ0) is 11.5. The summed E-state index contributed by atoms with van der Waals surface area (Å²) in [6.45, 7) is 2.31. The van der Waals surface area contributed by atoms with Gasteiger partial charge in [-0.25, -0.2) is 4.39 Å². The highest BCUT2D eigenvalue weighted by molar-refractivity contribution is 8.00. The maximum absolute atomic E-state index is 12.9. The molecule has 0 aromatic heterocycles. The number of thioether (sulfide) groups is 1. The summed E-state index contributed by atoms with van der Waals surface area (Å²) in [5, 5.41) is 0.656. The van der Waals surface area contributed by atoms with Crippen molar-refractivity contribution in [2.45, 2.75) is 42.8 Å². The van der Waals surface area contributed by atoms with Gasteiger partial charge >= 0.3 is 0 Å². The van der Waals surface area contributed by atoms with Gasteiger partial charge in [-0.3, -0.25) is 0 Å². The highest BCUT2D eigenvalue weighted by atomic mass is 32.2. The van der Waals surface area contributed by atoms with E-state index in [9.17, 15) is 4.39 Å². The highest BCUT2D eigenvalue weighted by Crippen LogP contribution is 2.37. The lowest BCUT2D eigenvalue weighted by atomic mass is 9.91. The fourth-order valence-corrected chi connectivity index (χ4v) is 3.36. The summed E-state index contributed by atoms with van der Waals surface area (Å²) in [6, 6.07) is 4.70. The molecule has 0 atom stereocenters. The topological polar surface area (TPSA) is 26.0 Å². The van der Waals surface area contributed by atoms with Crippen LogP contribution < -0.4 is 5.73 Å². The van der Waals surface area contributed by atoms with Gasteiger partial charge in [0.25, 0.3) is 0 Å². The first-order valence-electron chi connectivity index (χ1n) is 5.87. The summed E-state index contributed by atoms with van der Waals surface area (Å²) in [4.78, 5) is 1.03. The zero-order valence-corrected chi connectivity index (χ0v) is 10.4. The number of hydrogen-bond acceptors (Lipinski definition) is 2. The SMILES string of the molecule is CC1CCC(Sc2ccc(F)cc2N)CC1. The van der Waals surface area contributed by atoms with Crippen LogP contribution in [0.3, 0.4) is 0 Å². The lowest BCUT2D eigenvalue weighted by Crippen LogP contribution is -2.14. The van der Waals surface area contributed by atoms with Gasteiger partial charge in [0.15, 0.2) is 0 Å². The van der Waals surface area contributed by atoms with Gasteiger partial charge in [-0.15, -0.1) is 11.8 Å². The molecule has 1 aliphatic rings. The van der Waals surface area contributed by atoms with Crippen LogP contribution in [0.2, 0.25) is 0 Å². The second kappa shape index (κ2) is 5.09. The van der Waals surface area contributed by atoms with Crippen molar-refractivity contribution in [2.75, 3.05) is 5.73 Å². The van der Waals surface area contributed by atoms with Gasteiger partial charge < -0.3 is 5.73 Å². The molecule has 1 aromatic rings. The summed E-state index contributed by atoms with van der Waals surface area (Å²) >= 11 is 1.81. The van der Waals surface area contributed by atoms with Crippen LogP contribution in [0.15, 0.2) is 23.1 Å². The molecule has 0 radical (unpaired) electrons. The van der Waals surface area contributed by atoms with Crippen LogP contribution in [0, 0.1) is 11.7 Å². The zero-order valence-electron chi connectivity index (χ0n) is 9.58. The smallest absolute Gasteiger partial charge is 0.125 e. The van der Waals surface area contributed by atoms with Crippen LogP contribution in [0.5, 0.6) is 0 Å². The summed E-state index contributed by atoms with van der Waals surface area (Å²) in [5.41, 5.74) is 6.38. The number of halogens is 1. The van der Waals surface area contributed by atoms with Crippen molar-refractivity contribution in [3.8, 4) is 0 Å². The second-order valence-electron chi connectivity index (χ2n) is 4.68. The number of anilines is 1. The van der Waals surface area contributed by atoms with Crippen molar-refractivity contribution >= 4 is 17.4 Å². The van der Waals surface area contributed by atoms with Crippen LogP contribution in [0.1, 0.15) is 32.6 Å². The van der Waals surface area contributed by atoms with Crippen molar-refractivity contribution in [3.63, 3.8) is 0 Å².